The first kappa shape index (κ1) is 22.6. The summed E-state index contributed by atoms with van der Waals surface area (Å²) in [5, 5.41) is 2.97. The Balaban J connectivity index is 1.79. The van der Waals surface area contributed by atoms with Crippen LogP contribution >= 0.6 is 11.6 Å². The van der Waals surface area contributed by atoms with Gasteiger partial charge in [0.2, 0.25) is 0 Å². The van der Waals surface area contributed by atoms with Gasteiger partial charge in [0.05, 0.1) is 10.7 Å². The smallest absolute Gasteiger partial charge is 0.265 e. The number of sulfonamides is 1. The van der Waals surface area contributed by atoms with Crippen molar-refractivity contribution in [1.29, 1.82) is 0 Å². The normalized spacial score (nSPS) is 13.7. The van der Waals surface area contributed by atoms with Crippen LogP contribution in [0, 0.1) is 0 Å². The average Bonchev–Trinajstić information content (AvgIpc) is 3.16. The van der Waals surface area contributed by atoms with Crippen LogP contribution in [0.1, 0.15) is 36.7 Å². The Morgan fingerprint density at radius 2 is 1.97 bits per heavy atom. The van der Waals surface area contributed by atoms with E-state index in [4.69, 9.17) is 11.6 Å². The second kappa shape index (κ2) is 9.37. The predicted molar refractivity (Wildman–Crippen MR) is 121 cm³/mol. The molecular weight excluding hydrogens is 422 g/mol. The highest BCUT2D eigenvalue weighted by Gasteiger charge is 2.32. The number of nitrogens with one attached hydrogen (secondary N) is 1. The van der Waals surface area contributed by atoms with E-state index in [0.717, 1.165) is 18.7 Å². The van der Waals surface area contributed by atoms with E-state index in [-0.39, 0.29) is 21.4 Å². The molecule has 0 aromatic heterocycles. The molecule has 0 bridgehead atoms. The molecule has 2 aromatic rings. The molecule has 30 heavy (non-hydrogen) atoms. The van der Waals surface area contributed by atoms with E-state index in [0.29, 0.717) is 31.2 Å². The first-order chi connectivity index (χ1) is 14.3. The van der Waals surface area contributed by atoms with Crippen LogP contribution in [0.25, 0.3) is 0 Å². The van der Waals surface area contributed by atoms with E-state index in [1.54, 1.807) is 12.1 Å². The molecule has 1 heterocycles. The highest BCUT2D eigenvalue weighted by molar-refractivity contribution is 7.93. The number of hydrogen-bond acceptors (Lipinski definition) is 4. The van der Waals surface area contributed by atoms with Gasteiger partial charge in [0, 0.05) is 31.2 Å². The summed E-state index contributed by atoms with van der Waals surface area (Å²) in [7, 11) is -3.87. The minimum Gasteiger partial charge on any atom is -0.351 e. The number of rotatable bonds is 8. The number of fused-ring (bicyclic) bond motifs is 1. The van der Waals surface area contributed by atoms with Gasteiger partial charge < -0.3 is 5.32 Å². The van der Waals surface area contributed by atoms with Gasteiger partial charge in [-0.05, 0) is 56.6 Å². The maximum Gasteiger partial charge on any atom is 0.265 e. The lowest BCUT2D eigenvalue weighted by Gasteiger charge is -2.24. The Kier molecular flexibility index (Phi) is 7.06. The molecule has 0 fully saturated rings. The van der Waals surface area contributed by atoms with Gasteiger partial charge in [-0.3, -0.25) is 14.0 Å². The third kappa shape index (κ3) is 4.63. The van der Waals surface area contributed by atoms with Gasteiger partial charge in [-0.15, -0.1) is 0 Å². The number of carbonyl (C=O) groups excluding carboxylic acids is 1. The molecule has 0 spiro atoms. The zero-order valence-corrected chi connectivity index (χ0v) is 19.1. The summed E-state index contributed by atoms with van der Waals surface area (Å²) in [5.41, 5.74) is 1.92. The van der Waals surface area contributed by atoms with Crippen molar-refractivity contribution in [3.8, 4) is 0 Å². The molecule has 0 aliphatic carbocycles. The molecule has 1 amide bonds. The summed E-state index contributed by atoms with van der Waals surface area (Å²) in [6.45, 7) is 8.76. The largest absolute Gasteiger partial charge is 0.351 e. The van der Waals surface area contributed by atoms with Crippen molar-refractivity contribution in [3.63, 3.8) is 0 Å². The molecule has 162 valence electrons. The first-order valence-electron chi connectivity index (χ1n) is 10.2. The molecule has 1 aliphatic rings. The second-order valence-electron chi connectivity index (χ2n) is 7.58. The van der Waals surface area contributed by atoms with Crippen LogP contribution in [0.15, 0.2) is 47.4 Å². The van der Waals surface area contributed by atoms with Crippen LogP contribution in [0.4, 0.5) is 5.69 Å². The molecule has 1 aliphatic heterocycles. The maximum absolute atomic E-state index is 13.3. The highest BCUT2D eigenvalue weighted by atomic mass is 35.5. The fraction of sp³-hybridized carbons (Fsp3) is 0.409. The van der Waals surface area contributed by atoms with E-state index in [2.05, 4.69) is 31.0 Å². The van der Waals surface area contributed by atoms with Crippen LogP contribution in [0.5, 0.6) is 0 Å². The summed E-state index contributed by atoms with van der Waals surface area (Å²) < 4.78 is 28.0. The molecule has 2 aromatic carbocycles. The predicted octanol–water partition coefficient (Wildman–Crippen LogP) is 3.55. The van der Waals surface area contributed by atoms with Crippen LogP contribution in [0.3, 0.4) is 0 Å². The second-order valence-corrected chi connectivity index (χ2v) is 9.82. The Bertz CT molecular complexity index is 1020. The molecule has 1 N–H and O–H groups in total. The van der Waals surface area contributed by atoms with Gasteiger partial charge in [-0.25, -0.2) is 8.42 Å². The van der Waals surface area contributed by atoms with Gasteiger partial charge in [0.25, 0.3) is 15.9 Å². The van der Waals surface area contributed by atoms with E-state index in [1.165, 1.54) is 16.4 Å². The van der Waals surface area contributed by atoms with Gasteiger partial charge in [0.1, 0.15) is 4.90 Å². The van der Waals surface area contributed by atoms with Crippen molar-refractivity contribution in [2.45, 2.75) is 38.1 Å². The van der Waals surface area contributed by atoms with Crippen molar-refractivity contribution >= 4 is 33.2 Å². The molecule has 0 atom stereocenters. The Morgan fingerprint density at radius 1 is 1.23 bits per heavy atom. The molecule has 3 rings (SSSR count). The van der Waals surface area contributed by atoms with Crippen molar-refractivity contribution in [1.82, 2.24) is 10.2 Å². The summed E-state index contributed by atoms with van der Waals surface area (Å²) >= 11 is 6.25. The number of anilines is 1. The lowest BCUT2D eigenvalue weighted by atomic mass is 10.2. The number of likely N-dealkylation sites (N-methyl/N-ethyl adjacent to an activating group) is 1. The zero-order valence-electron chi connectivity index (χ0n) is 17.6. The third-order valence-corrected chi connectivity index (χ3v) is 7.72. The standard InChI is InChI=1S/C22H28ClN3O3S/c1-4-25(16(2)3)14-12-24-22(27)18-9-10-19(23)21(15-18)30(28,29)26-13-11-17-7-5-6-8-20(17)26/h5-10,15-16H,4,11-14H2,1-3H3,(H,24,27). The van der Waals surface area contributed by atoms with Crippen LogP contribution in [-0.4, -0.2) is 51.4 Å². The topological polar surface area (TPSA) is 69.7 Å². The number of hydrogen-bond donors (Lipinski definition) is 1. The van der Waals surface area contributed by atoms with E-state index < -0.39 is 10.0 Å². The van der Waals surface area contributed by atoms with Crippen LogP contribution < -0.4 is 9.62 Å². The van der Waals surface area contributed by atoms with Gasteiger partial charge >= 0.3 is 0 Å². The van der Waals surface area contributed by atoms with E-state index in [9.17, 15) is 13.2 Å². The summed E-state index contributed by atoms with van der Waals surface area (Å²) in [6.07, 6.45) is 0.650. The fourth-order valence-electron chi connectivity index (χ4n) is 3.72. The summed E-state index contributed by atoms with van der Waals surface area (Å²) in [5.74, 6) is -0.315. The SMILES string of the molecule is CCN(CCNC(=O)c1ccc(Cl)c(S(=O)(=O)N2CCc3ccccc32)c1)C(C)C. The third-order valence-electron chi connectivity index (χ3n) is 5.43. The fourth-order valence-corrected chi connectivity index (χ4v) is 5.72. The Morgan fingerprint density at radius 3 is 2.67 bits per heavy atom. The number of amides is 1. The number of halogens is 1. The first-order valence-corrected chi connectivity index (χ1v) is 12.0. The maximum atomic E-state index is 13.3. The average molecular weight is 450 g/mol. The van der Waals surface area contributed by atoms with E-state index >= 15 is 0 Å². The van der Waals surface area contributed by atoms with Gasteiger partial charge in [0.15, 0.2) is 0 Å². The van der Waals surface area contributed by atoms with E-state index in [1.807, 2.05) is 18.2 Å². The van der Waals surface area contributed by atoms with Crippen molar-refractivity contribution < 1.29 is 13.2 Å². The molecule has 0 radical (unpaired) electrons. The lowest BCUT2D eigenvalue weighted by molar-refractivity contribution is 0.0945. The minimum absolute atomic E-state index is 0.0501. The van der Waals surface area contributed by atoms with Crippen LogP contribution in [0.2, 0.25) is 5.02 Å². The molecule has 6 nitrogen and oxygen atoms in total. The number of benzene rings is 2. The monoisotopic (exact) mass is 449 g/mol. The summed E-state index contributed by atoms with van der Waals surface area (Å²) in [6, 6.07) is 12.2. The number of nitrogens with zero attached hydrogens (tertiary/aromatic N) is 2. The minimum atomic E-state index is -3.87. The Labute approximate surface area is 183 Å². The Hall–Kier alpha value is -2.09. The number of carbonyl (C=O) groups is 1. The summed E-state index contributed by atoms with van der Waals surface area (Å²) in [4.78, 5) is 14.8. The molecule has 0 unspecified atom stereocenters. The molecular formula is C22H28ClN3O3S. The molecule has 0 saturated carbocycles. The zero-order chi connectivity index (χ0) is 21.9. The van der Waals surface area contributed by atoms with Gasteiger partial charge in [-0.2, -0.15) is 0 Å². The lowest BCUT2D eigenvalue weighted by Crippen LogP contribution is -2.38. The van der Waals surface area contributed by atoms with Gasteiger partial charge in [-0.1, -0.05) is 36.7 Å². The quantitative estimate of drug-likeness (QED) is 0.669. The number of para-hydroxylation sites is 1. The van der Waals surface area contributed by atoms with Crippen LogP contribution in [-0.2, 0) is 16.4 Å². The highest BCUT2D eigenvalue weighted by Crippen LogP contribution is 2.35. The van der Waals surface area contributed by atoms with Crippen molar-refractivity contribution in [2.24, 2.45) is 0 Å². The molecule has 8 heteroatoms. The molecule has 0 saturated heterocycles. The van der Waals surface area contributed by atoms with Crippen molar-refractivity contribution in [3.05, 3.63) is 58.6 Å². The van der Waals surface area contributed by atoms with Crippen molar-refractivity contribution in [2.75, 3.05) is 30.5 Å².